The van der Waals surface area contributed by atoms with Crippen molar-refractivity contribution in [1.29, 1.82) is 0 Å². The summed E-state index contributed by atoms with van der Waals surface area (Å²) in [4.78, 5) is 47.1. The molecule has 10 heteroatoms. The molecule has 3 aromatic carbocycles. The van der Waals surface area contributed by atoms with Crippen molar-refractivity contribution in [3.05, 3.63) is 107 Å². The standard InChI is InChI=1S/C26H18ClFN4O3.ClH/c27-18-4-1-3-15(11-18)12-30-25(34)22(17-9-7-16(8-10-17)21-13-29-14-31-21)32-23-19(24(33)26(32)35)5-2-6-20(23)28;/h1-11,13-14,22H,12H2,(H,29,31)(H,30,34);1H. The lowest BCUT2D eigenvalue weighted by Crippen LogP contribution is -2.43. The van der Waals surface area contributed by atoms with E-state index in [0.29, 0.717) is 10.6 Å². The van der Waals surface area contributed by atoms with Crippen molar-refractivity contribution in [2.45, 2.75) is 12.6 Å². The number of para-hydroxylation sites is 1. The van der Waals surface area contributed by atoms with Gasteiger partial charge in [-0.3, -0.25) is 19.3 Å². The summed E-state index contributed by atoms with van der Waals surface area (Å²) in [6.07, 6.45) is 3.20. The van der Waals surface area contributed by atoms with Crippen molar-refractivity contribution >= 4 is 47.3 Å². The van der Waals surface area contributed by atoms with Crippen LogP contribution in [0.3, 0.4) is 0 Å². The fourth-order valence-corrected chi connectivity index (χ4v) is 4.34. The van der Waals surface area contributed by atoms with E-state index in [1.807, 2.05) is 0 Å². The van der Waals surface area contributed by atoms with Crippen LogP contribution >= 0.6 is 24.0 Å². The number of carbonyl (C=O) groups is 3. The van der Waals surface area contributed by atoms with Gasteiger partial charge in [-0.25, -0.2) is 9.37 Å². The zero-order valence-corrected chi connectivity index (χ0v) is 20.1. The van der Waals surface area contributed by atoms with Gasteiger partial charge in [0, 0.05) is 11.6 Å². The number of H-pyrrole nitrogens is 1. The third kappa shape index (κ3) is 4.60. The summed E-state index contributed by atoms with van der Waals surface area (Å²) >= 11 is 6.04. The van der Waals surface area contributed by atoms with Gasteiger partial charge in [-0.1, -0.05) is 54.1 Å². The van der Waals surface area contributed by atoms with E-state index in [2.05, 4.69) is 15.3 Å². The molecular weight excluding hydrogens is 506 g/mol. The zero-order chi connectivity index (χ0) is 24.5. The number of imidazole rings is 1. The lowest BCUT2D eigenvalue weighted by atomic mass is 10.0. The van der Waals surface area contributed by atoms with Crippen molar-refractivity contribution < 1.29 is 18.8 Å². The number of nitrogens with zero attached hydrogens (tertiary/aromatic N) is 2. The molecule has 2 amide bonds. The maximum atomic E-state index is 14.9. The van der Waals surface area contributed by atoms with Gasteiger partial charge >= 0.3 is 5.91 Å². The van der Waals surface area contributed by atoms with E-state index in [0.717, 1.165) is 27.8 Å². The van der Waals surface area contributed by atoms with Crippen LogP contribution in [0.1, 0.15) is 27.5 Å². The number of fused-ring (bicyclic) bond motifs is 1. The molecule has 36 heavy (non-hydrogen) atoms. The second kappa shape index (κ2) is 10.3. The van der Waals surface area contributed by atoms with Crippen LogP contribution in [0.15, 0.2) is 79.3 Å². The number of halogens is 3. The Labute approximate surface area is 216 Å². The number of aromatic amines is 1. The molecule has 1 aliphatic heterocycles. The van der Waals surface area contributed by atoms with Crippen LogP contribution in [-0.2, 0) is 16.1 Å². The van der Waals surface area contributed by atoms with Crippen molar-refractivity contribution in [2.75, 3.05) is 4.90 Å². The predicted octanol–water partition coefficient (Wildman–Crippen LogP) is 4.88. The average Bonchev–Trinajstić information content (AvgIpc) is 3.48. The van der Waals surface area contributed by atoms with Crippen LogP contribution in [0.4, 0.5) is 10.1 Å². The third-order valence-electron chi connectivity index (χ3n) is 5.78. The van der Waals surface area contributed by atoms with Crippen LogP contribution in [-0.4, -0.2) is 27.6 Å². The first-order chi connectivity index (χ1) is 16.9. The van der Waals surface area contributed by atoms with E-state index in [-0.39, 0.29) is 30.2 Å². The van der Waals surface area contributed by atoms with Crippen LogP contribution in [0.25, 0.3) is 11.3 Å². The number of carbonyl (C=O) groups excluding carboxylic acids is 3. The molecule has 0 bridgehead atoms. The second-order valence-corrected chi connectivity index (χ2v) is 8.41. The highest BCUT2D eigenvalue weighted by atomic mass is 35.5. The first-order valence-electron chi connectivity index (χ1n) is 10.7. The van der Waals surface area contributed by atoms with Crippen molar-refractivity contribution in [1.82, 2.24) is 15.3 Å². The highest BCUT2D eigenvalue weighted by Crippen LogP contribution is 2.38. The minimum absolute atomic E-state index is 0. The summed E-state index contributed by atoms with van der Waals surface area (Å²) in [6.45, 7) is 0.127. The van der Waals surface area contributed by atoms with E-state index in [9.17, 15) is 18.8 Å². The fourth-order valence-electron chi connectivity index (χ4n) is 4.13. The lowest BCUT2D eigenvalue weighted by molar-refractivity contribution is -0.125. The number of hydrogen-bond donors (Lipinski definition) is 2. The molecule has 0 radical (unpaired) electrons. The van der Waals surface area contributed by atoms with Gasteiger partial charge in [0.15, 0.2) is 0 Å². The summed E-state index contributed by atoms with van der Waals surface area (Å²) in [7, 11) is 0. The lowest BCUT2D eigenvalue weighted by Gasteiger charge is -2.28. The summed E-state index contributed by atoms with van der Waals surface area (Å²) in [6, 6.07) is 16.4. The third-order valence-corrected chi connectivity index (χ3v) is 6.02. The van der Waals surface area contributed by atoms with Crippen LogP contribution in [0.5, 0.6) is 0 Å². The number of amides is 2. The molecule has 1 unspecified atom stereocenters. The Balaban J connectivity index is 0.00000304. The molecule has 0 fully saturated rings. The average molecular weight is 525 g/mol. The Morgan fingerprint density at radius 1 is 1.08 bits per heavy atom. The first-order valence-corrected chi connectivity index (χ1v) is 11.1. The van der Waals surface area contributed by atoms with Gasteiger partial charge in [0.05, 0.1) is 29.5 Å². The monoisotopic (exact) mass is 524 g/mol. The quantitative estimate of drug-likeness (QED) is 0.351. The Hall–Kier alpha value is -4.01. The van der Waals surface area contributed by atoms with Gasteiger partial charge in [-0.05, 0) is 41.0 Å². The minimum atomic E-state index is -1.28. The largest absolute Gasteiger partial charge is 0.350 e. The fraction of sp³-hybridized carbons (Fsp3) is 0.0769. The topological polar surface area (TPSA) is 95.2 Å². The molecule has 2 N–H and O–H groups in total. The number of benzene rings is 3. The van der Waals surface area contributed by atoms with Gasteiger partial charge < -0.3 is 10.3 Å². The number of ketones is 1. The maximum absolute atomic E-state index is 14.9. The highest BCUT2D eigenvalue weighted by molar-refractivity contribution is 6.52. The van der Waals surface area contributed by atoms with Gasteiger partial charge in [-0.15, -0.1) is 12.4 Å². The van der Waals surface area contributed by atoms with Crippen LogP contribution < -0.4 is 10.2 Å². The summed E-state index contributed by atoms with van der Waals surface area (Å²) in [5.74, 6) is -3.16. The summed E-state index contributed by atoms with van der Waals surface area (Å²) in [5, 5.41) is 3.30. The second-order valence-electron chi connectivity index (χ2n) is 7.98. The number of hydrogen-bond acceptors (Lipinski definition) is 4. The first kappa shape index (κ1) is 25.1. The van der Waals surface area contributed by atoms with E-state index in [4.69, 9.17) is 11.6 Å². The number of Topliss-reactive ketones (excluding diaryl/α,β-unsaturated/α-hetero) is 1. The number of aromatic nitrogens is 2. The molecule has 7 nitrogen and oxygen atoms in total. The van der Waals surface area contributed by atoms with E-state index < -0.39 is 29.5 Å². The Bertz CT molecular complexity index is 1440. The number of rotatable bonds is 6. The molecule has 0 aliphatic carbocycles. The highest BCUT2D eigenvalue weighted by Gasteiger charge is 2.44. The molecule has 5 rings (SSSR count). The Morgan fingerprint density at radius 2 is 1.83 bits per heavy atom. The minimum Gasteiger partial charge on any atom is -0.350 e. The number of anilines is 1. The number of nitrogens with one attached hydrogen (secondary N) is 2. The van der Waals surface area contributed by atoms with Crippen molar-refractivity contribution in [3.63, 3.8) is 0 Å². The molecule has 0 spiro atoms. The Kier molecular flexibility index (Phi) is 7.19. The summed E-state index contributed by atoms with van der Waals surface area (Å²) < 4.78 is 14.9. The van der Waals surface area contributed by atoms with Gasteiger partial charge in [0.25, 0.3) is 5.78 Å². The molecule has 2 heterocycles. The zero-order valence-electron chi connectivity index (χ0n) is 18.6. The van der Waals surface area contributed by atoms with E-state index >= 15 is 0 Å². The molecule has 182 valence electrons. The molecule has 1 aromatic heterocycles. The van der Waals surface area contributed by atoms with Crippen LogP contribution in [0, 0.1) is 5.82 Å². The summed E-state index contributed by atoms with van der Waals surface area (Å²) in [5.41, 5.74) is 2.45. The predicted molar refractivity (Wildman–Crippen MR) is 136 cm³/mol. The Morgan fingerprint density at radius 3 is 2.53 bits per heavy atom. The van der Waals surface area contributed by atoms with Crippen LogP contribution in [0.2, 0.25) is 5.02 Å². The van der Waals surface area contributed by atoms with Gasteiger partial charge in [0.1, 0.15) is 11.9 Å². The maximum Gasteiger partial charge on any atom is 0.300 e. The van der Waals surface area contributed by atoms with Gasteiger partial charge in [-0.2, -0.15) is 0 Å². The van der Waals surface area contributed by atoms with Crippen molar-refractivity contribution in [2.24, 2.45) is 0 Å². The smallest absolute Gasteiger partial charge is 0.300 e. The molecule has 0 saturated carbocycles. The van der Waals surface area contributed by atoms with Crippen molar-refractivity contribution in [3.8, 4) is 11.3 Å². The molecular formula is C26H19Cl2FN4O3. The van der Waals surface area contributed by atoms with E-state index in [1.54, 1.807) is 61.1 Å². The molecule has 1 aliphatic rings. The normalized spacial score (nSPS) is 13.2. The molecule has 0 saturated heterocycles. The molecule has 4 aromatic rings. The molecule has 1 atom stereocenters. The SMILES string of the molecule is Cl.O=C1C(=O)N(C(C(=O)NCc2cccc(Cl)c2)c2ccc(-c3cnc[nH]3)cc2)c2c(F)cccc21. The van der Waals surface area contributed by atoms with Gasteiger partial charge in [0.2, 0.25) is 5.91 Å². The van der Waals surface area contributed by atoms with E-state index in [1.165, 1.54) is 12.1 Å².